The standard InChI is InChI=1S/C20H24N4O8/c21-12(5-6-16(25)26)18(29)23-14(19(30)24-15(20(31)32)8-17(27)28)7-10-9-22-13-4-2-1-3-11(10)13/h1-4,9,12,14-15,22H,5-8,21H2,(H,23,29)(H,24,30)(H,25,26)(H,27,28)(H,31,32). The minimum absolute atomic E-state index is 0.0490. The van der Waals surface area contributed by atoms with Crippen molar-refractivity contribution < 1.29 is 39.3 Å². The molecule has 172 valence electrons. The van der Waals surface area contributed by atoms with E-state index in [-0.39, 0.29) is 19.3 Å². The van der Waals surface area contributed by atoms with Gasteiger partial charge in [0.05, 0.1) is 12.5 Å². The summed E-state index contributed by atoms with van der Waals surface area (Å²) < 4.78 is 0. The molecule has 0 radical (unpaired) electrons. The number of H-pyrrole nitrogens is 1. The van der Waals surface area contributed by atoms with Gasteiger partial charge in [0, 0.05) is 29.9 Å². The third-order valence-electron chi connectivity index (χ3n) is 4.73. The van der Waals surface area contributed by atoms with Gasteiger partial charge in [-0.1, -0.05) is 18.2 Å². The summed E-state index contributed by atoms with van der Waals surface area (Å²) in [6.07, 6.45) is 0.208. The Balaban J connectivity index is 2.23. The fraction of sp³-hybridized carbons (Fsp3) is 0.350. The zero-order valence-corrected chi connectivity index (χ0v) is 16.9. The van der Waals surface area contributed by atoms with Crippen LogP contribution in [0.2, 0.25) is 0 Å². The van der Waals surface area contributed by atoms with Crippen molar-refractivity contribution in [3.63, 3.8) is 0 Å². The van der Waals surface area contributed by atoms with Crippen LogP contribution < -0.4 is 16.4 Å². The highest BCUT2D eigenvalue weighted by atomic mass is 16.4. The number of carbonyl (C=O) groups excluding carboxylic acids is 2. The first-order valence-corrected chi connectivity index (χ1v) is 9.66. The molecule has 32 heavy (non-hydrogen) atoms. The number of carbonyl (C=O) groups is 5. The van der Waals surface area contributed by atoms with Crippen molar-refractivity contribution in [1.29, 1.82) is 0 Å². The fourth-order valence-corrected chi connectivity index (χ4v) is 3.07. The normalized spacial score (nSPS) is 13.7. The molecule has 1 aromatic carbocycles. The second-order valence-electron chi connectivity index (χ2n) is 7.16. The molecular weight excluding hydrogens is 424 g/mol. The molecule has 12 nitrogen and oxygen atoms in total. The van der Waals surface area contributed by atoms with Crippen LogP contribution in [0.25, 0.3) is 10.9 Å². The number of para-hydroxylation sites is 1. The number of carboxylic acids is 3. The summed E-state index contributed by atoms with van der Waals surface area (Å²) in [5.41, 5.74) is 7.13. The van der Waals surface area contributed by atoms with Gasteiger partial charge >= 0.3 is 17.9 Å². The van der Waals surface area contributed by atoms with Crippen molar-refractivity contribution in [1.82, 2.24) is 15.6 Å². The maximum atomic E-state index is 12.8. The number of aliphatic carboxylic acids is 3. The first-order valence-electron chi connectivity index (χ1n) is 9.66. The molecule has 0 spiro atoms. The molecule has 0 aliphatic rings. The van der Waals surface area contributed by atoms with Gasteiger partial charge in [-0.25, -0.2) is 4.79 Å². The average molecular weight is 448 g/mol. The van der Waals surface area contributed by atoms with Crippen LogP contribution in [-0.4, -0.2) is 68.2 Å². The molecule has 0 saturated heterocycles. The van der Waals surface area contributed by atoms with Gasteiger partial charge in [0.15, 0.2) is 0 Å². The van der Waals surface area contributed by atoms with Gasteiger partial charge in [0.25, 0.3) is 0 Å². The maximum absolute atomic E-state index is 12.8. The van der Waals surface area contributed by atoms with Crippen molar-refractivity contribution in [3.8, 4) is 0 Å². The summed E-state index contributed by atoms with van der Waals surface area (Å²) in [7, 11) is 0. The number of hydrogen-bond donors (Lipinski definition) is 7. The summed E-state index contributed by atoms with van der Waals surface area (Å²) >= 11 is 0. The fourth-order valence-electron chi connectivity index (χ4n) is 3.07. The highest BCUT2D eigenvalue weighted by Crippen LogP contribution is 2.19. The number of carboxylic acid groups (broad SMARTS) is 3. The molecule has 3 atom stereocenters. The molecule has 0 fully saturated rings. The van der Waals surface area contributed by atoms with Crippen molar-refractivity contribution in [3.05, 3.63) is 36.0 Å². The zero-order chi connectivity index (χ0) is 23.8. The number of aromatic nitrogens is 1. The van der Waals surface area contributed by atoms with Crippen molar-refractivity contribution in [2.75, 3.05) is 0 Å². The molecule has 0 aliphatic heterocycles. The van der Waals surface area contributed by atoms with E-state index in [4.69, 9.17) is 15.9 Å². The van der Waals surface area contributed by atoms with Crippen LogP contribution in [0.3, 0.4) is 0 Å². The summed E-state index contributed by atoms with van der Waals surface area (Å²) in [5, 5.41) is 32.1. The van der Waals surface area contributed by atoms with E-state index in [9.17, 15) is 29.1 Å². The van der Waals surface area contributed by atoms with Crippen LogP contribution in [0.1, 0.15) is 24.8 Å². The van der Waals surface area contributed by atoms with E-state index in [1.54, 1.807) is 24.4 Å². The number of hydrogen-bond acceptors (Lipinski definition) is 6. The molecule has 0 saturated carbocycles. The molecule has 2 aromatic rings. The number of rotatable bonds is 12. The Morgan fingerprint density at radius 2 is 1.59 bits per heavy atom. The second kappa shape index (κ2) is 10.9. The van der Waals surface area contributed by atoms with Gasteiger partial charge in [-0.3, -0.25) is 19.2 Å². The lowest BCUT2D eigenvalue weighted by molar-refractivity contribution is -0.147. The van der Waals surface area contributed by atoms with E-state index >= 15 is 0 Å². The van der Waals surface area contributed by atoms with Gasteiger partial charge < -0.3 is 36.7 Å². The van der Waals surface area contributed by atoms with Crippen LogP contribution >= 0.6 is 0 Å². The number of nitrogens with one attached hydrogen (secondary N) is 3. The van der Waals surface area contributed by atoms with Crippen molar-refractivity contribution in [2.24, 2.45) is 5.73 Å². The Hall–Kier alpha value is -3.93. The molecule has 2 rings (SSSR count). The molecule has 0 bridgehead atoms. The highest BCUT2D eigenvalue weighted by Gasteiger charge is 2.30. The Kier molecular flexibility index (Phi) is 8.30. The number of benzene rings is 1. The quantitative estimate of drug-likeness (QED) is 0.221. The molecule has 2 amide bonds. The predicted octanol–water partition coefficient (Wildman–Crippen LogP) is -0.569. The Labute approximate surface area is 181 Å². The Morgan fingerprint density at radius 1 is 0.938 bits per heavy atom. The molecule has 12 heteroatoms. The third kappa shape index (κ3) is 6.80. The summed E-state index contributed by atoms with van der Waals surface area (Å²) in [6, 6.07) is 2.99. The monoisotopic (exact) mass is 448 g/mol. The van der Waals surface area contributed by atoms with E-state index < -0.39 is 54.3 Å². The largest absolute Gasteiger partial charge is 0.481 e. The van der Waals surface area contributed by atoms with Gasteiger partial charge in [-0.05, 0) is 18.1 Å². The van der Waals surface area contributed by atoms with Crippen LogP contribution in [0.15, 0.2) is 30.5 Å². The number of aromatic amines is 1. The molecule has 0 aliphatic carbocycles. The van der Waals surface area contributed by atoms with Gasteiger partial charge in [0.1, 0.15) is 12.1 Å². The maximum Gasteiger partial charge on any atom is 0.326 e. The van der Waals surface area contributed by atoms with Gasteiger partial charge in [-0.15, -0.1) is 0 Å². The predicted molar refractivity (Wildman–Crippen MR) is 111 cm³/mol. The lowest BCUT2D eigenvalue weighted by atomic mass is 10.0. The number of amides is 2. The smallest absolute Gasteiger partial charge is 0.326 e. The minimum atomic E-state index is -1.71. The number of nitrogens with two attached hydrogens (primary N) is 1. The topological polar surface area (TPSA) is 212 Å². The van der Waals surface area contributed by atoms with E-state index in [0.29, 0.717) is 5.56 Å². The molecule has 8 N–H and O–H groups in total. The molecule has 1 aromatic heterocycles. The lowest BCUT2D eigenvalue weighted by Crippen LogP contribution is -2.55. The van der Waals surface area contributed by atoms with E-state index in [1.807, 2.05) is 6.07 Å². The van der Waals surface area contributed by atoms with E-state index in [2.05, 4.69) is 15.6 Å². The van der Waals surface area contributed by atoms with Crippen LogP contribution in [0.4, 0.5) is 0 Å². The molecule has 3 unspecified atom stereocenters. The van der Waals surface area contributed by atoms with E-state index in [1.165, 1.54) is 0 Å². The van der Waals surface area contributed by atoms with Crippen molar-refractivity contribution >= 4 is 40.6 Å². The summed E-state index contributed by atoms with van der Waals surface area (Å²) in [4.78, 5) is 61.2. The van der Waals surface area contributed by atoms with Crippen LogP contribution in [-0.2, 0) is 30.4 Å². The first-order chi connectivity index (χ1) is 15.1. The number of fused-ring (bicyclic) bond motifs is 1. The lowest BCUT2D eigenvalue weighted by Gasteiger charge is -2.22. The second-order valence-corrected chi connectivity index (χ2v) is 7.16. The highest BCUT2D eigenvalue weighted by molar-refractivity contribution is 5.93. The summed E-state index contributed by atoms with van der Waals surface area (Å²) in [6.45, 7) is 0. The van der Waals surface area contributed by atoms with Crippen molar-refractivity contribution in [2.45, 2.75) is 43.8 Å². The van der Waals surface area contributed by atoms with Crippen LogP contribution in [0, 0.1) is 0 Å². The van der Waals surface area contributed by atoms with Crippen LogP contribution in [0.5, 0.6) is 0 Å². The third-order valence-corrected chi connectivity index (χ3v) is 4.73. The average Bonchev–Trinajstić information content (AvgIpc) is 3.13. The van der Waals surface area contributed by atoms with Gasteiger partial charge in [0.2, 0.25) is 11.8 Å². The SMILES string of the molecule is NC(CCC(=O)O)C(=O)NC(Cc1c[nH]c2ccccc12)C(=O)NC(CC(=O)O)C(=O)O. The minimum Gasteiger partial charge on any atom is -0.481 e. The zero-order valence-electron chi connectivity index (χ0n) is 16.9. The Morgan fingerprint density at radius 3 is 2.22 bits per heavy atom. The Bertz CT molecular complexity index is 1020. The molecule has 1 heterocycles. The first kappa shape index (κ1) is 24.3. The van der Waals surface area contributed by atoms with Gasteiger partial charge in [-0.2, -0.15) is 0 Å². The molecular formula is C20H24N4O8. The summed E-state index contributed by atoms with van der Waals surface area (Å²) in [5.74, 6) is -5.82. The van der Waals surface area contributed by atoms with E-state index in [0.717, 1.165) is 10.9 Å².